The van der Waals surface area contributed by atoms with Crippen molar-refractivity contribution >= 4 is 5.97 Å². The number of carbonyl (C=O) groups is 1. The van der Waals surface area contributed by atoms with Crippen LogP contribution in [0.4, 0.5) is 0 Å². The minimum Gasteiger partial charge on any atom is -0.466 e. The number of esters is 1. The van der Waals surface area contributed by atoms with E-state index in [9.17, 15) is 4.79 Å². The van der Waals surface area contributed by atoms with Crippen molar-refractivity contribution < 1.29 is 9.53 Å². The summed E-state index contributed by atoms with van der Waals surface area (Å²) in [6.07, 6.45) is 4.27. The highest BCUT2D eigenvalue weighted by Gasteiger charge is 1.97. The van der Waals surface area contributed by atoms with Crippen LogP contribution < -0.4 is 0 Å². The van der Waals surface area contributed by atoms with E-state index in [0.29, 0.717) is 13.0 Å². The summed E-state index contributed by atoms with van der Waals surface area (Å²) in [6, 6.07) is 0. The molecule has 0 fully saturated rings. The predicted octanol–water partition coefficient (Wildman–Crippen LogP) is 1.94. The summed E-state index contributed by atoms with van der Waals surface area (Å²) in [6.45, 7) is 4.49. The highest BCUT2D eigenvalue weighted by molar-refractivity contribution is 5.70. The van der Waals surface area contributed by atoms with Crippen molar-refractivity contribution in [3.05, 3.63) is 6.42 Å². The fourth-order valence-electron chi connectivity index (χ4n) is 0.556. The Morgan fingerprint density at radius 2 is 2.30 bits per heavy atom. The molecule has 0 aliphatic heterocycles. The number of hydrogen-bond acceptors (Lipinski definition) is 2. The third-order valence-electron chi connectivity index (χ3n) is 1.13. The number of unbranched alkanes of at least 4 members (excludes halogenated alkanes) is 1. The van der Waals surface area contributed by atoms with E-state index < -0.39 is 0 Å². The lowest BCUT2D eigenvalue weighted by atomic mass is 10.3. The highest BCUT2D eigenvalue weighted by atomic mass is 16.5. The van der Waals surface area contributed by atoms with E-state index in [0.717, 1.165) is 12.8 Å². The van der Waals surface area contributed by atoms with Crippen LogP contribution in [0, 0.1) is 6.42 Å². The van der Waals surface area contributed by atoms with Crippen molar-refractivity contribution in [1.29, 1.82) is 0 Å². The predicted molar refractivity (Wildman–Crippen MR) is 40.5 cm³/mol. The van der Waals surface area contributed by atoms with Crippen LogP contribution in [0.1, 0.15) is 33.1 Å². The van der Waals surface area contributed by atoms with Gasteiger partial charge in [-0.1, -0.05) is 20.3 Å². The van der Waals surface area contributed by atoms with Crippen LogP contribution in [-0.4, -0.2) is 12.6 Å². The molecule has 0 amide bonds. The number of hydrogen-bond donors (Lipinski definition) is 0. The van der Waals surface area contributed by atoms with Gasteiger partial charge in [0, 0.05) is 6.42 Å². The van der Waals surface area contributed by atoms with Gasteiger partial charge in [0.1, 0.15) is 0 Å². The molecule has 0 heterocycles. The van der Waals surface area contributed by atoms with Crippen molar-refractivity contribution in [1.82, 2.24) is 0 Å². The van der Waals surface area contributed by atoms with Gasteiger partial charge in [-0.2, -0.15) is 0 Å². The van der Waals surface area contributed by atoms with E-state index in [-0.39, 0.29) is 5.97 Å². The lowest BCUT2D eigenvalue weighted by Crippen LogP contribution is -2.04. The second-order valence-corrected chi connectivity index (χ2v) is 2.19. The molecule has 0 saturated carbocycles. The largest absolute Gasteiger partial charge is 0.466 e. The molecule has 0 spiro atoms. The minimum atomic E-state index is -0.115. The molecule has 0 atom stereocenters. The lowest BCUT2D eigenvalue weighted by molar-refractivity contribution is -0.143. The molecule has 0 aromatic carbocycles. The molecule has 0 saturated heterocycles. The molecule has 59 valence electrons. The van der Waals surface area contributed by atoms with Gasteiger partial charge in [0.15, 0.2) is 0 Å². The monoisotopic (exact) mass is 143 g/mol. The molecule has 0 bridgehead atoms. The Bertz CT molecular complexity index is 89.3. The molecule has 2 heteroatoms. The maximum Gasteiger partial charge on any atom is 0.306 e. The molecule has 0 rings (SSSR count). The zero-order valence-electron chi connectivity index (χ0n) is 6.72. The van der Waals surface area contributed by atoms with E-state index >= 15 is 0 Å². The topological polar surface area (TPSA) is 26.3 Å². The standard InChI is InChI=1S/C8H15O2/c1-3-5-7-10-8(9)6-4-2/h4H,3,5-7H2,1-2H3. The first kappa shape index (κ1) is 9.47. The van der Waals surface area contributed by atoms with E-state index in [4.69, 9.17) is 4.74 Å². The van der Waals surface area contributed by atoms with Crippen LogP contribution >= 0.6 is 0 Å². The van der Waals surface area contributed by atoms with E-state index in [1.165, 1.54) is 0 Å². The third-order valence-corrected chi connectivity index (χ3v) is 1.13. The summed E-state index contributed by atoms with van der Waals surface area (Å²) in [5.41, 5.74) is 0. The number of carbonyl (C=O) groups excluding carboxylic acids is 1. The Labute approximate surface area is 62.6 Å². The summed E-state index contributed by atoms with van der Waals surface area (Å²) in [5, 5.41) is 0. The van der Waals surface area contributed by atoms with Crippen molar-refractivity contribution in [3.8, 4) is 0 Å². The summed E-state index contributed by atoms with van der Waals surface area (Å²) >= 11 is 0. The molecule has 10 heavy (non-hydrogen) atoms. The van der Waals surface area contributed by atoms with Gasteiger partial charge in [-0.15, -0.1) is 0 Å². The van der Waals surface area contributed by atoms with E-state index in [2.05, 4.69) is 6.92 Å². The van der Waals surface area contributed by atoms with Crippen LogP contribution in [0.15, 0.2) is 0 Å². The second kappa shape index (κ2) is 6.59. The number of ether oxygens (including phenoxy) is 1. The summed E-state index contributed by atoms with van der Waals surface area (Å²) in [4.78, 5) is 10.7. The Morgan fingerprint density at radius 1 is 1.60 bits per heavy atom. The minimum absolute atomic E-state index is 0.115. The SMILES string of the molecule is C[CH]CC(=O)OCCCC. The van der Waals surface area contributed by atoms with Crippen molar-refractivity contribution in [3.63, 3.8) is 0 Å². The average Bonchev–Trinajstić information content (AvgIpc) is 1.89. The van der Waals surface area contributed by atoms with Crippen LogP contribution in [0.3, 0.4) is 0 Å². The van der Waals surface area contributed by atoms with Crippen LogP contribution in [0.5, 0.6) is 0 Å². The first-order valence-electron chi connectivity index (χ1n) is 3.74. The second-order valence-electron chi connectivity index (χ2n) is 2.19. The molecular formula is C8H15O2. The van der Waals surface area contributed by atoms with Crippen molar-refractivity contribution in [2.24, 2.45) is 0 Å². The summed E-state index contributed by atoms with van der Waals surface area (Å²) in [5.74, 6) is -0.115. The van der Waals surface area contributed by atoms with Gasteiger partial charge >= 0.3 is 5.97 Å². The highest BCUT2D eigenvalue weighted by Crippen LogP contribution is 1.93. The van der Waals surface area contributed by atoms with Crippen LogP contribution in [-0.2, 0) is 9.53 Å². The van der Waals surface area contributed by atoms with Gasteiger partial charge < -0.3 is 4.74 Å². The molecule has 0 aromatic heterocycles. The van der Waals surface area contributed by atoms with Gasteiger partial charge in [-0.25, -0.2) is 0 Å². The van der Waals surface area contributed by atoms with E-state index in [1.807, 2.05) is 6.92 Å². The number of rotatable bonds is 5. The van der Waals surface area contributed by atoms with Gasteiger partial charge in [-0.3, -0.25) is 4.79 Å². The van der Waals surface area contributed by atoms with Crippen LogP contribution in [0.2, 0.25) is 0 Å². The Balaban J connectivity index is 3.05. The average molecular weight is 143 g/mol. The summed E-state index contributed by atoms with van der Waals surface area (Å²) in [7, 11) is 0. The summed E-state index contributed by atoms with van der Waals surface area (Å²) < 4.78 is 4.85. The molecular weight excluding hydrogens is 128 g/mol. The molecule has 1 radical (unpaired) electrons. The van der Waals surface area contributed by atoms with E-state index in [1.54, 1.807) is 6.42 Å². The van der Waals surface area contributed by atoms with Gasteiger partial charge in [0.2, 0.25) is 0 Å². The molecule has 2 nitrogen and oxygen atoms in total. The zero-order valence-corrected chi connectivity index (χ0v) is 6.72. The van der Waals surface area contributed by atoms with Crippen molar-refractivity contribution in [2.45, 2.75) is 33.1 Å². The zero-order chi connectivity index (χ0) is 7.82. The molecule has 0 aromatic rings. The Morgan fingerprint density at radius 3 is 2.80 bits per heavy atom. The Kier molecular flexibility index (Phi) is 6.24. The van der Waals surface area contributed by atoms with Gasteiger partial charge in [0.05, 0.1) is 6.61 Å². The lowest BCUT2D eigenvalue weighted by Gasteiger charge is -2.00. The first-order chi connectivity index (χ1) is 4.81. The maximum atomic E-state index is 10.7. The fraction of sp³-hybridized carbons (Fsp3) is 0.750. The molecule has 0 aliphatic carbocycles. The van der Waals surface area contributed by atoms with Gasteiger partial charge in [0.25, 0.3) is 0 Å². The third kappa shape index (κ3) is 5.60. The Hall–Kier alpha value is -0.530. The fourth-order valence-corrected chi connectivity index (χ4v) is 0.556. The molecule has 0 N–H and O–H groups in total. The normalized spacial score (nSPS) is 9.40. The maximum absolute atomic E-state index is 10.7. The smallest absolute Gasteiger partial charge is 0.306 e. The van der Waals surface area contributed by atoms with Crippen LogP contribution in [0.25, 0.3) is 0 Å². The quantitative estimate of drug-likeness (QED) is 0.434. The molecule has 0 aliphatic rings. The van der Waals surface area contributed by atoms with Crippen molar-refractivity contribution in [2.75, 3.05) is 6.61 Å². The molecule has 0 unspecified atom stereocenters. The first-order valence-corrected chi connectivity index (χ1v) is 3.74. The van der Waals surface area contributed by atoms with Gasteiger partial charge in [-0.05, 0) is 12.8 Å².